The van der Waals surface area contributed by atoms with Gasteiger partial charge in [0, 0.05) is 24.2 Å². The molecule has 1 N–H and O–H groups in total. The van der Waals surface area contributed by atoms with Crippen LogP contribution in [0.2, 0.25) is 0 Å². The molecule has 2 rings (SSSR count). The monoisotopic (exact) mass is 310 g/mol. The highest BCUT2D eigenvalue weighted by atomic mass is 32.2. The van der Waals surface area contributed by atoms with Crippen LogP contribution < -0.4 is 5.32 Å². The normalized spacial score (nSPS) is 24.7. The van der Waals surface area contributed by atoms with Crippen LogP contribution in [0.3, 0.4) is 0 Å². The average molecular weight is 310 g/mol. The molecule has 0 saturated heterocycles. The lowest BCUT2D eigenvalue weighted by atomic mass is 9.81. The smallest absolute Gasteiger partial charge is 0.150 e. The first-order valence-electron chi connectivity index (χ1n) is 7.76. The number of nitrogens with zero attached hydrogens (tertiary/aromatic N) is 1. The quantitative estimate of drug-likeness (QED) is 0.908. The molecule has 1 aromatic rings. The van der Waals surface area contributed by atoms with Gasteiger partial charge in [0.15, 0.2) is 0 Å². The zero-order valence-corrected chi connectivity index (χ0v) is 14.0. The molecule has 21 heavy (non-hydrogen) atoms. The van der Waals surface area contributed by atoms with Crippen LogP contribution in [0.25, 0.3) is 0 Å². The second-order valence-corrected chi connectivity index (χ2v) is 8.47. The maximum Gasteiger partial charge on any atom is 0.150 e. The van der Waals surface area contributed by atoms with Gasteiger partial charge in [0.05, 0.1) is 5.25 Å². The van der Waals surface area contributed by atoms with Gasteiger partial charge >= 0.3 is 0 Å². The van der Waals surface area contributed by atoms with Gasteiger partial charge in [0.1, 0.15) is 9.84 Å². The maximum atomic E-state index is 11.9. The predicted octanol–water partition coefficient (Wildman–Crippen LogP) is 2.64. The van der Waals surface area contributed by atoms with Gasteiger partial charge in [-0.2, -0.15) is 0 Å². The fraction of sp³-hybridized carbons (Fsp3) is 0.688. The lowest BCUT2D eigenvalue weighted by Gasteiger charge is -2.34. The van der Waals surface area contributed by atoms with E-state index in [1.54, 1.807) is 0 Å². The van der Waals surface area contributed by atoms with Gasteiger partial charge < -0.3 is 5.32 Å². The molecule has 0 amide bonds. The van der Waals surface area contributed by atoms with E-state index in [1.807, 2.05) is 19.2 Å². The molecule has 0 spiro atoms. The Morgan fingerprint density at radius 1 is 1.43 bits per heavy atom. The van der Waals surface area contributed by atoms with Crippen molar-refractivity contribution in [1.29, 1.82) is 0 Å². The molecule has 118 valence electrons. The van der Waals surface area contributed by atoms with Crippen LogP contribution in [0, 0.1) is 12.8 Å². The van der Waals surface area contributed by atoms with E-state index in [-0.39, 0.29) is 11.3 Å². The highest BCUT2D eigenvalue weighted by Crippen LogP contribution is 2.36. The van der Waals surface area contributed by atoms with Crippen molar-refractivity contribution >= 4 is 9.84 Å². The molecule has 1 heterocycles. The predicted molar refractivity (Wildman–Crippen MR) is 86.0 cm³/mol. The molecule has 0 bridgehead atoms. The van der Waals surface area contributed by atoms with Crippen molar-refractivity contribution in [3.05, 3.63) is 29.6 Å². The number of hydrogen-bond donors (Lipinski definition) is 1. The third-order valence-corrected chi connectivity index (χ3v) is 6.09. The third kappa shape index (κ3) is 4.27. The zero-order chi connectivity index (χ0) is 15.5. The van der Waals surface area contributed by atoms with Crippen LogP contribution in [0.4, 0.5) is 0 Å². The molecule has 3 unspecified atom stereocenters. The SMILES string of the molecule is CCNC(c1ccnc(C)c1)C1CCCC(S(C)(=O)=O)C1. The van der Waals surface area contributed by atoms with Crippen LogP contribution in [0.15, 0.2) is 18.3 Å². The van der Waals surface area contributed by atoms with Crippen molar-refractivity contribution in [3.63, 3.8) is 0 Å². The number of hydrogen-bond acceptors (Lipinski definition) is 4. The number of aromatic nitrogens is 1. The largest absolute Gasteiger partial charge is 0.310 e. The van der Waals surface area contributed by atoms with E-state index in [4.69, 9.17) is 0 Å². The van der Waals surface area contributed by atoms with E-state index in [1.165, 1.54) is 11.8 Å². The highest BCUT2D eigenvalue weighted by Gasteiger charge is 2.33. The van der Waals surface area contributed by atoms with Crippen LogP contribution >= 0.6 is 0 Å². The first-order chi connectivity index (χ1) is 9.91. The number of pyridine rings is 1. The number of rotatable bonds is 5. The van der Waals surface area contributed by atoms with Crippen LogP contribution in [-0.4, -0.2) is 31.5 Å². The summed E-state index contributed by atoms with van der Waals surface area (Å²) in [6, 6.07) is 4.38. The second-order valence-electron chi connectivity index (χ2n) is 6.14. The molecular weight excluding hydrogens is 284 g/mol. The van der Waals surface area contributed by atoms with Crippen molar-refractivity contribution in [2.24, 2.45) is 5.92 Å². The van der Waals surface area contributed by atoms with E-state index in [9.17, 15) is 8.42 Å². The van der Waals surface area contributed by atoms with Gasteiger partial charge in [-0.1, -0.05) is 13.3 Å². The lowest BCUT2D eigenvalue weighted by Crippen LogP contribution is -2.35. The first-order valence-corrected chi connectivity index (χ1v) is 9.72. The van der Waals surface area contributed by atoms with Gasteiger partial charge in [-0.05, 0) is 56.3 Å². The van der Waals surface area contributed by atoms with Gasteiger partial charge in [-0.25, -0.2) is 8.42 Å². The Balaban J connectivity index is 2.22. The maximum absolute atomic E-state index is 11.9. The average Bonchev–Trinajstić information content (AvgIpc) is 2.44. The summed E-state index contributed by atoms with van der Waals surface area (Å²) >= 11 is 0. The summed E-state index contributed by atoms with van der Waals surface area (Å²) in [6.45, 7) is 4.97. The number of nitrogens with one attached hydrogen (secondary N) is 1. The summed E-state index contributed by atoms with van der Waals surface area (Å²) in [6.07, 6.45) is 6.87. The van der Waals surface area contributed by atoms with Crippen molar-refractivity contribution in [2.45, 2.75) is 50.8 Å². The van der Waals surface area contributed by atoms with Gasteiger partial charge in [-0.3, -0.25) is 4.98 Å². The Bertz CT molecular complexity index is 571. The molecule has 0 aromatic carbocycles. The van der Waals surface area contributed by atoms with Crippen molar-refractivity contribution in [2.75, 3.05) is 12.8 Å². The van der Waals surface area contributed by atoms with Crippen LogP contribution in [-0.2, 0) is 9.84 Å². The molecule has 0 aliphatic heterocycles. The summed E-state index contributed by atoms with van der Waals surface area (Å²) in [5.74, 6) is 0.375. The molecule has 1 fully saturated rings. The first kappa shape index (κ1) is 16.4. The summed E-state index contributed by atoms with van der Waals surface area (Å²) in [7, 11) is -2.94. The molecule has 1 saturated carbocycles. The third-order valence-electron chi connectivity index (χ3n) is 4.45. The summed E-state index contributed by atoms with van der Waals surface area (Å²) < 4.78 is 23.7. The molecule has 4 nitrogen and oxygen atoms in total. The standard InChI is InChI=1S/C16H26N2O2S/c1-4-17-16(14-8-9-18-12(2)10-14)13-6-5-7-15(11-13)21(3,19)20/h8-10,13,15-17H,4-7,11H2,1-3H3. The number of sulfone groups is 1. The Hall–Kier alpha value is -0.940. The van der Waals surface area contributed by atoms with Gasteiger partial charge in [-0.15, -0.1) is 0 Å². The zero-order valence-electron chi connectivity index (χ0n) is 13.2. The molecule has 0 radical (unpaired) electrons. The molecule has 1 aromatic heterocycles. The minimum atomic E-state index is -2.94. The van der Waals surface area contributed by atoms with E-state index < -0.39 is 9.84 Å². The molecule has 5 heteroatoms. The van der Waals surface area contributed by atoms with Gasteiger partial charge in [0.25, 0.3) is 0 Å². The van der Waals surface area contributed by atoms with Gasteiger partial charge in [0.2, 0.25) is 0 Å². The Kier molecular flexibility index (Phi) is 5.38. The topological polar surface area (TPSA) is 59.1 Å². The summed E-state index contributed by atoms with van der Waals surface area (Å²) in [4.78, 5) is 4.26. The van der Waals surface area contributed by atoms with Crippen molar-refractivity contribution in [3.8, 4) is 0 Å². The van der Waals surface area contributed by atoms with E-state index >= 15 is 0 Å². The Morgan fingerprint density at radius 2 is 2.19 bits per heavy atom. The molecule has 1 aliphatic rings. The summed E-state index contributed by atoms with van der Waals surface area (Å²) in [5, 5.41) is 3.36. The number of aryl methyl sites for hydroxylation is 1. The minimum Gasteiger partial charge on any atom is -0.310 e. The van der Waals surface area contributed by atoms with Crippen LogP contribution in [0.5, 0.6) is 0 Å². The lowest BCUT2D eigenvalue weighted by molar-refractivity contribution is 0.275. The fourth-order valence-corrected chi connectivity index (χ4v) is 4.60. The van der Waals surface area contributed by atoms with Crippen molar-refractivity contribution in [1.82, 2.24) is 10.3 Å². The van der Waals surface area contributed by atoms with E-state index in [0.29, 0.717) is 5.92 Å². The molecule has 3 atom stereocenters. The molecular formula is C16H26N2O2S. The Morgan fingerprint density at radius 3 is 2.81 bits per heavy atom. The van der Waals surface area contributed by atoms with Crippen molar-refractivity contribution < 1.29 is 8.42 Å². The fourth-order valence-electron chi connectivity index (χ4n) is 3.41. The van der Waals surface area contributed by atoms with E-state index in [2.05, 4.69) is 23.3 Å². The second kappa shape index (κ2) is 6.88. The summed E-state index contributed by atoms with van der Waals surface area (Å²) in [5.41, 5.74) is 2.23. The van der Waals surface area contributed by atoms with E-state index in [0.717, 1.165) is 37.9 Å². The highest BCUT2D eigenvalue weighted by molar-refractivity contribution is 7.91. The Labute approximate surface area is 128 Å². The molecule has 1 aliphatic carbocycles. The van der Waals surface area contributed by atoms with Crippen LogP contribution in [0.1, 0.15) is 49.9 Å². The minimum absolute atomic E-state index is 0.180.